The summed E-state index contributed by atoms with van der Waals surface area (Å²) in [7, 11) is -2.39. The minimum atomic E-state index is -2.39. The summed E-state index contributed by atoms with van der Waals surface area (Å²) in [5.74, 6) is 0.803. The van der Waals surface area contributed by atoms with E-state index >= 15 is 0 Å². The first-order valence-corrected chi connectivity index (χ1v) is 9.95. The molecule has 0 aliphatic heterocycles. The Morgan fingerprint density at radius 3 is 1.95 bits per heavy atom. The molecule has 0 unspecified atom stereocenters. The zero-order chi connectivity index (χ0) is 14.6. The molecule has 0 radical (unpaired) electrons. The minimum absolute atomic E-state index is 0.682. The van der Waals surface area contributed by atoms with Crippen molar-refractivity contribution in [3.05, 3.63) is 0 Å². The van der Waals surface area contributed by atoms with Gasteiger partial charge in [0.05, 0.1) is 0 Å². The van der Waals surface area contributed by atoms with Crippen LogP contribution in [0.3, 0.4) is 0 Å². The van der Waals surface area contributed by atoms with E-state index in [0.29, 0.717) is 13.2 Å². The molecule has 19 heavy (non-hydrogen) atoms. The zero-order valence-electron chi connectivity index (χ0n) is 13.7. The Balaban J connectivity index is 4.14. The van der Waals surface area contributed by atoms with E-state index in [2.05, 4.69) is 20.8 Å². The molecule has 0 fully saturated rings. The van der Waals surface area contributed by atoms with Gasteiger partial charge >= 0.3 is 8.80 Å². The SMILES string of the molecule is CCCO[Si](CCCCCC(C)C)(OCC)OCC. The third-order valence-corrected chi connectivity index (χ3v) is 6.09. The Hall–Kier alpha value is 0.0969. The van der Waals surface area contributed by atoms with Crippen molar-refractivity contribution in [2.24, 2.45) is 5.92 Å². The van der Waals surface area contributed by atoms with E-state index in [4.69, 9.17) is 13.3 Å². The number of unbranched alkanes of at least 4 members (excludes halogenated alkanes) is 2. The van der Waals surface area contributed by atoms with E-state index in [1.54, 1.807) is 0 Å². The Labute approximate surface area is 121 Å². The van der Waals surface area contributed by atoms with Gasteiger partial charge in [0.15, 0.2) is 0 Å². The molecule has 0 saturated carbocycles. The van der Waals surface area contributed by atoms with E-state index in [1.165, 1.54) is 19.3 Å². The first-order valence-electron chi connectivity index (χ1n) is 8.02. The van der Waals surface area contributed by atoms with Crippen LogP contribution in [0.4, 0.5) is 0 Å². The van der Waals surface area contributed by atoms with Crippen LogP contribution in [0.1, 0.15) is 66.7 Å². The molecule has 0 saturated heterocycles. The van der Waals surface area contributed by atoms with Gasteiger partial charge in [-0.1, -0.05) is 40.0 Å². The lowest BCUT2D eigenvalue weighted by molar-refractivity contribution is 0.0664. The highest BCUT2D eigenvalue weighted by atomic mass is 28.4. The lowest BCUT2D eigenvalue weighted by Crippen LogP contribution is -2.46. The first-order chi connectivity index (χ1) is 9.10. The lowest BCUT2D eigenvalue weighted by atomic mass is 10.1. The van der Waals surface area contributed by atoms with Crippen LogP contribution >= 0.6 is 0 Å². The molecule has 0 aliphatic carbocycles. The molecule has 0 aromatic heterocycles. The van der Waals surface area contributed by atoms with Gasteiger partial charge < -0.3 is 13.3 Å². The van der Waals surface area contributed by atoms with Gasteiger partial charge in [-0.3, -0.25) is 0 Å². The van der Waals surface area contributed by atoms with Gasteiger partial charge in [0, 0.05) is 25.9 Å². The van der Waals surface area contributed by atoms with Crippen LogP contribution in [0.2, 0.25) is 6.04 Å². The second-order valence-corrected chi connectivity index (χ2v) is 8.12. The van der Waals surface area contributed by atoms with Crippen LogP contribution in [0.5, 0.6) is 0 Å². The van der Waals surface area contributed by atoms with Crippen LogP contribution in [-0.4, -0.2) is 28.6 Å². The van der Waals surface area contributed by atoms with E-state index in [-0.39, 0.29) is 0 Å². The number of hydrogen-bond acceptors (Lipinski definition) is 3. The van der Waals surface area contributed by atoms with E-state index in [0.717, 1.165) is 31.4 Å². The predicted molar refractivity (Wildman–Crippen MR) is 83.4 cm³/mol. The predicted octanol–water partition coefficient (Wildman–Crippen LogP) is 4.64. The van der Waals surface area contributed by atoms with Crippen molar-refractivity contribution in [2.45, 2.75) is 72.8 Å². The number of rotatable bonds is 13. The summed E-state index contributed by atoms with van der Waals surface area (Å²) >= 11 is 0. The fraction of sp³-hybridized carbons (Fsp3) is 1.00. The zero-order valence-corrected chi connectivity index (χ0v) is 14.7. The Morgan fingerprint density at radius 1 is 0.842 bits per heavy atom. The molecule has 0 rings (SSSR count). The highest BCUT2D eigenvalue weighted by molar-refractivity contribution is 6.60. The fourth-order valence-electron chi connectivity index (χ4n) is 2.11. The fourth-order valence-corrected chi connectivity index (χ4v) is 4.87. The standard InChI is InChI=1S/C15H34O3Si/c1-6-13-18-19(16-7-2,17-8-3)14-11-9-10-12-15(4)5/h15H,6-14H2,1-5H3. The van der Waals surface area contributed by atoms with Crippen molar-refractivity contribution in [2.75, 3.05) is 19.8 Å². The van der Waals surface area contributed by atoms with Crippen LogP contribution in [0, 0.1) is 5.92 Å². The third-order valence-electron chi connectivity index (χ3n) is 3.02. The van der Waals surface area contributed by atoms with Crippen molar-refractivity contribution in [3.63, 3.8) is 0 Å². The smallest absolute Gasteiger partial charge is 0.374 e. The summed E-state index contributed by atoms with van der Waals surface area (Å²) in [5, 5.41) is 0. The highest BCUT2D eigenvalue weighted by Crippen LogP contribution is 2.21. The maximum absolute atomic E-state index is 5.98. The molecule has 0 aromatic carbocycles. The summed E-state index contributed by atoms with van der Waals surface area (Å²) in [5.41, 5.74) is 0. The second kappa shape index (κ2) is 11.9. The monoisotopic (exact) mass is 290 g/mol. The van der Waals surface area contributed by atoms with Gasteiger partial charge in [-0.25, -0.2) is 0 Å². The lowest BCUT2D eigenvalue weighted by Gasteiger charge is -2.28. The maximum Gasteiger partial charge on any atom is 0.500 e. The molecular weight excluding hydrogens is 256 g/mol. The van der Waals surface area contributed by atoms with E-state index < -0.39 is 8.80 Å². The molecular formula is C15H34O3Si. The molecule has 0 amide bonds. The molecule has 0 heterocycles. The Morgan fingerprint density at radius 2 is 1.47 bits per heavy atom. The molecule has 0 spiro atoms. The first kappa shape index (κ1) is 19.1. The summed E-state index contributed by atoms with van der Waals surface area (Å²) in [6.45, 7) is 12.8. The summed E-state index contributed by atoms with van der Waals surface area (Å²) in [6, 6.07) is 0.965. The maximum atomic E-state index is 5.98. The van der Waals surface area contributed by atoms with Gasteiger partial charge in [-0.05, 0) is 32.6 Å². The van der Waals surface area contributed by atoms with E-state index in [9.17, 15) is 0 Å². The van der Waals surface area contributed by atoms with Crippen LogP contribution in [0.25, 0.3) is 0 Å². The topological polar surface area (TPSA) is 27.7 Å². The highest BCUT2D eigenvalue weighted by Gasteiger charge is 2.39. The number of hydrogen-bond donors (Lipinski definition) is 0. The van der Waals surface area contributed by atoms with Crippen molar-refractivity contribution in [1.29, 1.82) is 0 Å². The quantitative estimate of drug-likeness (QED) is 0.365. The largest absolute Gasteiger partial charge is 0.500 e. The molecule has 3 nitrogen and oxygen atoms in total. The van der Waals surface area contributed by atoms with Crippen LogP contribution < -0.4 is 0 Å². The summed E-state index contributed by atoms with van der Waals surface area (Å²) in [4.78, 5) is 0. The molecule has 4 heteroatoms. The average Bonchev–Trinajstić information content (AvgIpc) is 2.36. The molecule has 0 bridgehead atoms. The van der Waals surface area contributed by atoms with Gasteiger partial charge in [0.25, 0.3) is 0 Å². The van der Waals surface area contributed by atoms with Gasteiger partial charge in [-0.15, -0.1) is 0 Å². The van der Waals surface area contributed by atoms with E-state index in [1.807, 2.05) is 13.8 Å². The Bertz CT molecular complexity index is 192. The van der Waals surface area contributed by atoms with Gasteiger partial charge in [-0.2, -0.15) is 0 Å². The van der Waals surface area contributed by atoms with Crippen molar-refractivity contribution < 1.29 is 13.3 Å². The third kappa shape index (κ3) is 9.60. The van der Waals surface area contributed by atoms with Crippen molar-refractivity contribution in [3.8, 4) is 0 Å². The van der Waals surface area contributed by atoms with Crippen LogP contribution in [-0.2, 0) is 13.3 Å². The summed E-state index contributed by atoms with van der Waals surface area (Å²) < 4.78 is 17.8. The molecule has 116 valence electrons. The van der Waals surface area contributed by atoms with Crippen molar-refractivity contribution >= 4 is 8.80 Å². The van der Waals surface area contributed by atoms with Crippen LogP contribution in [0.15, 0.2) is 0 Å². The Kier molecular flexibility index (Phi) is 11.9. The molecule has 0 aromatic rings. The average molecular weight is 291 g/mol. The minimum Gasteiger partial charge on any atom is -0.374 e. The summed E-state index contributed by atoms with van der Waals surface area (Å²) in [6.07, 6.45) is 6.04. The normalized spacial score (nSPS) is 12.3. The van der Waals surface area contributed by atoms with Gasteiger partial charge in [0.1, 0.15) is 0 Å². The van der Waals surface area contributed by atoms with Crippen molar-refractivity contribution in [1.82, 2.24) is 0 Å². The molecule has 0 N–H and O–H groups in total. The molecule has 0 atom stereocenters. The second-order valence-electron chi connectivity index (χ2n) is 5.39. The van der Waals surface area contributed by atoms with Gasteiger partial charge in [0.2, 0.25) is 0 Å². The molecule has 0 aliphatic rings.